The van der Waals surface area contributed by atoms with Crippen LogP contribution in [0.5, 0.6) is 0 Å². The van der Waals surface area contributed by atoms with Crippen LogP contribution >= 0.6 is 35.0 Å². The summed E-state index contributed by atoms with van der Waals surface area (Å²) >= 11 is 13.5. The predicted octanol–water partition coefficient (Wildman–Crippen LogP) is 6.04. The highest BCUT2D eigenvalue weighted by atomic mass is 35.5. The van der Waals surface area contributed by atoms with Crippen LogP contribution in [0.3, 0.4) is 0 Å². The molecular formula is C25H22Cl2N2O2S. The lowest BCUT2D eigenvalue weighted by atomic mass is 10.1. The summed E-state index contributed by atoms with van der Waals surface area (Å²) in [6.07, 6.45) is 0. The van der Waals surface area contributed by atoms with Gasteiger partial charge in [0.2, 0.25) is 5.91 Å². The van der Waals surface area contributed by atoms with Crippen LogP contribution < -0.4 is 0 Å². The number of carbonyl (C=O) groups is 2. The molecule has 1 fully saturated rings. The third-order valence-corrected chi connectivity index (χ3v) is 7.12. The molecule has 4 nitrogen and oxygen atoms in total. The minimum absolute atomic E-state index is 0.0559. The first kappa shape index (κ1) is 22.7. The number of carbonyl (C=O) groups excluding carboxylic acids is 2. The maximum atomic E-state index is 12.9. The van der Waals surface area contributed by atoms with E-state index in [1.54, 1.807) is 23.7 Å². The van der Waals surface area contributed by atoms with Gasteiger partial charge in [-0.1, -0.05) is 59.6 Å². The van der Waals surface area contributed by atoms with Crippen molar-refractivity contribution in [3.8, 4) is 0 Å². The van der Waals surface area contributed by atoms with Crippen molar-refractivity contribution in [2.45, 2.75) is 18.5 Å². The van der Waals surface area contributed by atoms with Gasteiger partial charge in [0.15, 0.2) is 0 Å². The molecule has 1 saturated heterocycles. The molecule has 1 atom stereocenters. The molecule has 0 spiro atoms. The molecule has 0 saturated carbocycles. The van der Waals surface area contributed by atoms with E-state index in [0.29, 0.717) is 34.5 Å². The summed E-state index contributed by atoms with van der Waals surface area (Å²) in [5, 5.41) is 1.27. The Kier molecular flexibility index (Phi) is 7.09. The van der Waals surface area contributed by atoms with Crippen LogP contribution in [0.15, 0.2) is 72.8 Å². The van der Waals surface area contributed by atoms with Crippen LogP contribution in [0.1, 0.15) is 32.4 Å². The normalized spacial score (nSPS) is 15.8. The van der Waals surface area contributed by atoms with Gasteiger partial charge in [0.1, 0.15) is 5.37 Å². The van der Waals surface area contributed by atoms with Gasteiger partial charge in [-0.2, -0.15) is 0 Å². The molecule has 7 heteroatoms. The Labute approximate surface area is 202 Å². The zero-order valence-electron chi connectivity index (χ0n) is 17.5. The average Bonchev–Trinajstić information content (AvgIpc) is 3.16. The third kappa shape index (κ3) is 5.29. The molecule has 0 radical (unpaired) electrons. The standard InChI is InChI=1S/C25H22Cl2N2O2S/c1-28(14-17-2-10-21(26)11-3-17)24(31)19-6-8-20(9-7-19)25-29(23(30)16-32-25)15-18-4-12-22(27)13-5-18/h2-13,25H,14-16H2,1H3/t25-/m1/s1. The van der Waals surface area contributed by atoms with Crippen molar-refractivity contribution < 1.29 is 9.59 Å². The Morgan fingerprint density at radius 2 is 1.50 bits per heavy atom. The van der Waals surface area contributed by atoms with E-state index in [2.05, 4.69) is 0 Å². The highest BCUT2D eigenvalue weighted by Gasteiger charge is 2.32. The maximum Gasteiger partial charge on any atom is 0.253 e. The second kappa shape index (κ2) is 9.99. The number of nitrogens with zero attached hydrogens (tertiary/aromatic N) is 2. The molecule has 3 aromatic carbocycles. The van der Waals surface area contributed by atoms with Crippen molar-refractivity contribution in [1.82, 2.24) is 9.80 Å². The van der Waals surface area contributed by atoms with Gasteiger partial charge in [-0.25, -0.2) is 0 Å². The van der Waals surface area contributed by atoms with E-state index in [0.717, 1.165) is 16.7 Å². The van der Waals surface area contributed by atoms with Crippen molar-refractivity contribution in [3.63, 3.8) is 0 Å². The van der Waals surface area contributed by atoms with Crippen molar-refractivity contribution >= 4 is 46.8 Å². The lowest BCUT2D eigenvalue weighted by Crippen LogP contribution is -2.28. The molecule has 0 aliphatic carbocycles. The number of halogens is 2. The van der Waals surface area contributed by atoms with Crippen LogP contribution in [-0.4, -0.2) is 34.4 Å². The molecule has 0 N–H and O–H groups in total. The molecule has 2 amide bonds. The monoisotopic (exact) mass is 484 g/mol. The highest BCUT2D eigenvalue weighted by molar-refractivity contribution is 8.00. The van der Waals surface area contributed by atoms with Crippen molar-refractivity contribution in [2.75, 3.05) is 12.8 Å². The minimum Gasteiger partial charge on any atom is -0.337 e. The Balaban J connectivity index is 1.44. The molecule has 0 unspecified atom stereocenters. The van der Waals surface area contributed by atoms with Gasteiger partial charge in [-0.3, -0.25) is 9.59 Å². The predicted molar refractivity (Wildman–Crippen MR) is 131 cm³/mol. The quantitative estimate of drug-likeness (QED) is 0.428. The molecule has 0 bridgehead atoms. The summed E-state index contributed by atoms with van der Waals surface area (Å²) in [7, 11) is 1.78. The summed E-state index contributed by atoms with van der Waals surface area (Å²) < 4.78 is 0. The summed E-state index contributed by atoms with van der Waals surface area (Å²) in [5.41, 5.74) is 3.67. The Morgan fingerprint density at radius 3 is 2.09 bits per heavy atom. The van der Waals surface area contributed by atoms with Crippen molar-refractivity contribution in [2.24, 2.45) is 0 Å². The molecule has 0 aromatic heterocycles. The first-order chi connectivity index (χ1) is 15.4. The second-order valence-electron chi connectivity index (χ2n) is 7.72. The zero-order valence-corrected chi connectivity index (χ0v) is 19.8. The van der Waals surface area contributed by atoms with Gasteiger partial charge in [0, 0.05) is 35.7 Å². The fraction of sp³-hybridized carbons (Fsp3) is 0.200. The summed E-state index contributed by atoms with van der Waals surface area (Å²) in [4.78, 5) is 28.9. The largest absolute Gasteiger partial charge is 0.337 e. The van der Waals surface area contributed by atoms with Gasteiger partial charge in [-0.05, 0) is 53.1 Å². The third-order valence-electron chi connectivity index (χ3n) is 5.36. The number of thioether (sulfide) groups is 1. The smallest absolute Gasteiger partial charge is 0.253 e. The zero-order chi connectivity index (χ0) is 22.7. The Bertz CT molecular complexity index is 1100. The SMILES string of the molecule is CN(Cc1ccc(Cl)cc1)C(=O)c1ccc([C@H]2SCC(=O)N2Cc2ccc(Cl)cc2)cc1. The topological polar surface area (TPSA) is 40.6 Å². The molecule has 164 valence electrons. The minimum atomic E-state index is -0.0749. The lowest BCUT2D eigenvalue weighted by molar-refractivity contribution is -0.128. The maximum absolute atomic E-state index is 12.9. The van der Waals surface area contributed by atoms with Crippen LogP contribution in [0, 0.1) is 0 Å². The highest BCUT2D eigenvalue weighted by Crippen LogP contribution is 2.39. The van der Waals surface area contributed by atoms with Gasteiger partial charge in [0.05, 0.1) is 5.75 Å². The molecule has 32 heavy (non-hydrogen) atoms. The van der Waals surface area contributed by atoms with Gasteiger partial charge in [0.25, 0.3) is 5.91 Å². The van der Waals surface area contributed by atoms with E-state index < -0.39 is 0 Å². The van der Waals surface area contributed by atoms with Crippen molar-refractivity contribution in [1.29, 1.82) is 0 Å². The van der Waals surface area contributed by atoms with E-state index in [1.165, 1.54) is 0 Å². The van der Waals surface area contributed by atoms with Gasteiger partial charge >= 0.3 is 0 Å². The van der Waals surface area contributed by atoms with Crippen molar-refractivity contribution in [3.05, 3.63) is 105 Å². The summed E-state index contributed by atoms with van der Waals surface area (Å²) in [6.45, 7) is 1.03. The average molecular weight is 485 g/mol. The second-order valence-corrected chi connectivity index (χ2v) is 9.66. The fourth-order valence-corrected chi connectivity index (χ4v) is 5.07. The van der Waals surface area contributed by atoms with E-state index in [1.807, 2.05) is 77.7 Å². The number of amides is 2. The fourth-order valence-electron chi connectivity index (χ4n) is 3.63. The van der Waals surface area contributed by atoms with E-state index in [9.17, 15) is 9.59 Å². The first-order valence-corrected chi connectivity index (χ1v) is 12.0. The van der Waals surface area contributed by atoms with E-state index in [4.69, 9.17) is 23.2 Å². The molecule has 1 aliphatic heterocycles. The van der Waals surface area contributed by atoms with Crippen LogP contribution in [0.25, 0.3) is 0 Å². The summed E-state index contributed by atoms with van der Waals surface area (Å²) in [5.74, 6) is 0.500. The molecule has 4 rings (SSSR count). The van der Waals surface area contributed by atoms with Crippen LogP contribution in [-0.2, 0) is 17.9 Å². The number of hydrogen-bond acceptors (Lipinski definition) is 3. The Morgan fingerprint density at radius 1 is 0.938 bits per heavy atom. The van der Waals surface area contributed by atoms with Gasteiger partial charge in [-0.15, -0.1) is 11.8 Å². The van der Waals surface area contributed by atoms with Crippen LogP contribution in [0.2, 0.25) is 10.0 Å². The van der Waals surface area contributed by atoms with Crippen LogP contribution in [0.4, 0.5) is 0 Å². The number of rotatable bonds is 6. The van der Waals surface area contributed by atoms with E-state index in [-0.39, 0.29) is 17.2 Å². The van der Waals surface area contributed by atoms with Gasteiger partial charge < -0.3 is 9.80 Å². The molecule has 1 aliphatic rings. The Hall–Kier alpha value is -2.47. The lowest BCUT2D eigenvalue weighted by Gasteiger charge is -2.25. The summed E-state index contributed by atoms with van der Waals surface area (Å²) in [6, 6.07) is 22.6. The molecule has 3 aromatic rings. The molecular weight excluding hydrogens is 463 g/mol. The van der Waals surface area contributed by atoms with E-state index >= 15 is 0 Å². The number of hydrogen-bond donors (Lipinski definition) is 0. The first-order valence-electron chi connectivity index (χ1n) is 10.2. The number of benzene rings is 3. The molecule has 1 heterocycles.